The lowest BCUT2D eigenvalue weighted by molar-refractivity contribution is -0.0406. The first-order chi connectivity index (χ1) is 17.5. The molecule has 1 heterocycles. The predicted octanol–water partition coefficient (Wildman–Crippen LogP) is 6.42. The number of para-hydroxylation sites is 1. The van der Waals surface area contributed by atoms with E-state index >= 15 is 0 Å². The van der Waals surface area contributed by atoms with Gasteiger partial charge in [-0.3, -0.25) is 4.79 Å². The van der Waals surface area contributed by atoms with E-state index in [0.29, 0.717) is 17.0 Å². The van der Waals surface area contributed by atoms with Gasteiger partial charge in [-0.25, -0.2) is 0 Å². The first-order valence-electron chi connectivity index (χ1n) is 12.5. The molecule has 1 fully saturated rings. The smallest absolute Gasteiger partial charge is 0.259 e. The van der Waals surface area contributed by atoms with E-state index < -0.39 is 0 Å². The van der Waals surface area contributed by atoms with Crippen molar-refractivity contribution < 1.29 is 23.7 Å². The van der Waals surface area contributed by atoms with Crippen molar-refractivity contribution in [2.45, 2.75) is 50.7 Å². The van der Waals surface area contributed by atoms with Crippen LogP contribution in [0.25, 0.3) is 0 Å². The van der Waals surface area contributed by atoms with Gasteiger partial charge in [0.05, 0.1) is 33.0 Å². The quantitative estimate of drug-likeness (QED) is 0.435. The molecule has 5 rings (SSSR count). The molecule has 1 N–H and O–H groups in total. The molecule has 2 aliphatic rings. The summed E-state index contributed by atoms with van der Waals surface area (Å²) in [5, 5.41) is 3.04. The zero-order chi connectivity index (χ0) is 25.2. The van der Waals surface area contributed by atoms with E-state index in [1.165, 1.54) is 12.0 Å². The number of hydrogen-bond donors (Lipinski definition) is 1. The summed E-state index contributed by atoms with van der Waals surface area (Å²) in [6, 6.07) is 17.4. The number of methoxy groups -OCH3 is 3. The number of aryl methyl sites for hydroxylation is 1. The minimum Gasteiger partial charge on any atom is -0.496 e. The Kier molecular flexibility index (Phi) is 6.88. The van der Waals surface area contributed by atoms with E-state index in [4.69, 9.17) is 18.9 Å². The molecular weight excluding hydrogens is 454 g/mol. The minimum absolute atomic E-state index is 0.118. The van der Waals surface area contributed by atoms with Crippen LogP contribution in [0, 0.1) is 6.92 Å². The first-order valence-corrected chi connectivity index (χ1v) is 12.5. The second kappa shape index (κ2) is 10.2. The third-order valence-electron chi connectivity index (χ3n) is 7.40. The fraction of sp³-hybridized carbons (Fsp3) is 0.367. The predicted molar refractivity (Wildman–Crippen MR) is 140 cm³/mol. The molecule has 1 aliphatic carbocycles. The van der Waals surface area contributed by atoms with E-state index in [1.54, 1.807) is 27.4 Å². The van der Waals surface area contributed by atoms with Gasteiger partial charge in [0.1, 0.15) is 23.4 Å². The van der Waals surface area contributed by atoms with Crippen LogP contribution in [0.5, 0.6) is 17.2 Å². The minimum atomic E-state index is -0.324. The largest absolute Gasteiger partial charge is 0.496 e. The van der Waals surface area contributed by atoms with Crippen LogP contribution in [0.1, 0.15) is 70.3 Å². The monoisotopic (exact) mass is 487 g/mol. The van der Waals surface area contributed by atoms with Gasteiger partial charge in [-0.1, -0.05) is 37.1 Å². The molecule has 0 radical (unpaired) electrons. The van der Waals surface area contributed by atoms with Crippen molar-refractivity contribution in [2.75, 3.05) is 26.6 Å². The Morgan fingerprint density at radius 1 is 0.889 bits per heavy atom. The Hall–Kier alpha value is -3.51. The van der Waals surface area contributed by atoms with Crippen molar-refractivity contribution in [1.82, 2.24) is 0 Å². The third-order valence-corrected chi connectivity index (χ3v) is 7.40. The number of rotatable bonds is 6. The SMILES string of the molecule is COc1ccc(OC)c2c1[C@@H](c1cccc(NC(=O)c3cccc(C)c3OC)c1)O[C@H]1CCCC[C@H]21. The summed E-state index contributed by atoms with van der Waals surface area (Å²) in [5.74, 6) is 2.32. The highest BCUT2D eigenvalue weighted by Crippen LogP contribution is 2.53. The molecule has 6 heteroatoms. The summed E-state index contributed by atoms with van der Waals surface area (Å²) in [6.07, 6.45) is 4.22. The topological polar surface area (TPSA) is 66.0 Å². The van der Waals surface area contributed by atoms with Gasteiger partial charge in [0, 0.05) is 22.7 Å². The van der Waals surface area contributed by atoms with Crippen molar-refractivity contribution in [3.05, 3.63) is 82.4 Å². The fourth-order valence-electron chi connectivity index (χ4n) is 5.76. The highest BCUT2D eigenvalue weighted by Gasteiger charge is 2.41. The van der Waals surface area contributed by atoms with E-state index in [-0.39, 0.29) is 24.0 Å². The number of carbonyl (C=O) groups is 1. The van der Waals surface area contributed by atoms with E-state index in [2.05, 4.69) is 5.32 Å². The highest BCUT2D eigenvalue weighted by atomic mass is 16.5. The second-order valence-corrected chi connectivity index (χ2v) is 9.48. The van der Waals surface area contributed by atoms with Crippen LogP contribution in [-0.2, 0) is 4.74 Å². The number of fused-ring (bicyclic) bond motifs is 3. The number of anilines is 1. The van der Waals surface area contributed by atoms with Crippen LogP contribution in [0.2, 0.25) is 0 Å². The van der Waals surface area contributed by atoms with E-state index in [0.717, 1.165) is 47.5 Å². The zero-order valence-electron chi connectivity index (χ0n) is 21.3. The van der Waals surface area contributed by atoms with Gasteiger partial charge in [0.15, 0.2) is 0 Å². The number of benzene rings is 3. The van der Waals surface area contributed by atoms with Crippen LogP contribution < -0.4 is 19.5 Å². The van der Waals surface area contributed by atoms with Gasteiger partial charge in [0.25, 0.3) is 5.91 Å². The van der Waals surface area contributed by atoms with Crippen LogP contribution in [-0.4, -0.2) is 33.3 Å². The summed E-state index contributed by atoms with van der Waals surface area (Å²) in [7, 11) is 5.00. The van der Waals surface area contributed by atoms with Crippen LogP contribution >= 0.6 is 0 Å². The molecular formula is C30H33NO5. The lowest BCUT2D eigenvalue weighted by Crippen LogP contribution is -2.34. The van der Waals surface area contributed by atoms with Crippen molar-refractivity contribution in [3.8, 4) is 17.2 Å². The molecule has 0 spiro atoms. The molecule has 1 amide bonds. The van der Waals surface area contributed by atoms with Crippen LogP contribution in [0.4, 0.5) is 5.69 Å². The molecule has 36 heavy (non-hydrogen) atoms. The van der Waals surface area contributed by atoms with E-state index in [9.17, 15) is 4.79 Å². The number of nitrogens with one attached hydrogen (secondary N) is 1. The summed E-state index contributed by atoms with van der Waals surface area (Å²) in [6.45, 7) is 1.92. The molecule has 0 aromatic heterocycles. The zero-order valence-corrected chi connectivity index (χ0v) is 21.3. The average Bonchev–Trinajstić information content (AvgIpc) is 2.91. The van der Waals surface area contributed by atoms with Gasteiger partial charge >= 0.3 is 0 Å². The Balaban J connectivity index is 1.53. The Bertz CT molecular complexity index is 1270. The molecule has 0 unspecified atom stereocenters. The fourth-order valence-corrected chi connectivity index (χ4v) is 5.76. The normalized spacial score (nSPS) is 20.6. The Morgan fingerprint density at radius 2 is 1.61 bits per heavy atom. The number of hydrogen-bond acceptors (Lipinski definition) is 5. The maximum Gasteiger partial charge on any atom is 0.259 e. The third kappa shape index (κ3) is 4.30. The van der Waals surface area contributed by atoms with Gasteiger partial charge in [-0.15, -0.1) is 0 Å². The van der Waals surface area contributed by atoms with Gasteiger partial charge in [-0.05, 0) is 61.2 Å². The van der Waals surface area contributed by atoms with Gasteiger partial charge < -0.3 is 24.3 Å². The van der Waals surface area contributed by atoms with Crippen LogP contribution in [0.3, 0.4) is 0 Å². The van der Waals surface area contributed by atoms with Crippen LogP contribution in [0.15, 0.2) is 54.6 Å². The molecule has 6 nitrogen and oxygen atoms in total. The van der Waals surface area contributed by atoms with Gasteiger partial charge in [-0.2, -0.15) is 0 Å². The molecule has 1 aliphatic heterocycles. The molecule has 3 aromatic rings. The molecule has 0 bridgehead atoms. The number of ether oxygens (including phenoxy) is 4. The molecule has 0 saturated heterocycles. The summed E-state index contributed by atoms with van der Waals surface area (Å²) in [5.41, 5.74) is 5.27. The number of carbonyl (C=O) groups excluding carboxylic acids is 1. The first kappa shape index (κ1) is 24.2. The molecule has 3 aromatic carbocycles. The van der Waals surface area contributed by atoms with Crippen molar-refractivity contribution in [2.24, 2.45) is 0 Å². The lowest BCUT2D eigenvalue weighted by Gasteiger charge is -2.42. The summed E-state index contributed by atoms with van der Waals surface area (Å²) in [4.78, 5) is 13.1. The molecule has 1 saturated carbocycles. The number of amides is 1. The maximum atomic E-state index is 13.1. The lowest BCUT2D eigenvalue weighted by atomic mass is 9.75. The summed E-state index contributed by atoms with van der Waals surface area (Å²) < 4.78 is 23.9. The Morgan fingerprint density at radius 3 is 2.36 bits per heavy atom. The van der Waals surface area contributed by atoms with E-state index in [1.807, 2.05) is 55.5 Å². The second-order valence-electron chi connectivity index (χ2n) is 9.48. The molecule has 188 valence electrons. The van der Waals surface area contributed by atoms with Crippen molar-refractivity contribution >= 4 is 11.6 Å². The highest BCUT2D eigenvalue weighted by molar-refractivity contribution is 6.06. The average molecular weight is 488 g/mol. The van der Waals surface area contributed by atoms with Gasteiger partial charge in [0.2, 0.25) is 0 Å². The maximum absolute atomic E-state index is 13.1. The summed E-state index contributed by atoms with van der Waals surface area (Å²) >= 11 is 0. The standard InChI is InChI=1S/C30H33NO5/c1-18-9-7-13-22(28(18)35-4)30(32)31-20-11-8-10-19(17-20)29-27-25(34-3)16-15-24(33-2)26(27)21-12-5-6-14-23(21)36-29/h7-11,13,15-17,21,23,29H,5-6,12,14H2,1-4H3,(H,31,32)/t21-,23-,29+/m0/s1. The molecule has 3 atom stereocenters. The van der Waals surface area contributed by atoms with Crippen molar-refractivity contribution in [1.29, 1.82) is 0 Å². The van der Waals surface area contributed by atoms with Crippen molar-refractivity contribution in [3.63, 3.8) is 0 Å². The Labute approximate surface area is 212 Å².